The largest absolute Gasteiger partial charge is 0.481 e. The van der Waals surface area contributed by atoms with Gasteiger partial charge in [0.1, 0.15) is 10.7 Å². The van der Waals surface area contributed by atoms with E-state index in [-0.39, 0.29) is 0 Å². The van der Waals surface area contributed by atoms with Crippen LogP contribution in [-0.2, 0) is 6.42 Å². The van der Waals surface area contributed by atoms with Gasteiger partial charge in [-0.3, -0.25) is 0 Å². The van der Waals surface area contributed by atoms with E-state index in [9.17, 15) is 0 Å². The first-order valence-corrected chi connectivity index (χ1v) is 5.81. The molecule has 2 aromatic rings. The zero-order chi connectivity index (χ0) is 11.5. The van der Waals surface area contributed by atoms with E-state index in [1.165, 1.54) is 11.3 Å². The van der Waals surface area contributed by atoms with Crippen LogP contribution in [0.5, 0.6) is 5.88 Å². The molecular weight excluding hydrogens is 222 g/mol. The summed E-state index contributed by atoms with van der Waals surface area (Å²) in [5.41, 5.74) is 7.66. The summed E-state index contributed by atoms with van der Waals surface area (Å²) in [5, 5.41) is 1.78. The highest BCUT2D eigenvalue weighted by Gasteiger charge is 2.09. The number of pyridine rings is 1. The Labute approximate surface area is 98.1 Å². The van der Waals surface area contributed by atoms with Gasteiger partial charge in [0.25, 0.3) is 0 Å². The monoisotopic (exact) mass is 235 g/mol. The first kappa shape index (κ1) is 10.9. The zero-order valence-corrected chi connectivity index (χ0v) is 10.0. The van der Waals surface area contributed by atoms with Crippen LogP contribution in [0.1, 0.15) is 11.9 Å². The van der Waals surface area contributed by atoms with Gasteiger partial charge in [0.15, 0.2) is 0 Å². The first-order valence-electron chi connectivity index (χ1n) is 5.00. The van der Waals surface area contributed by atoms with Crippen LogP contribution in [0.4, 0.5) is 5.00 Å². The molecule has 4 nitrogen and oxygen atoms in total. The molecule has 0 aliphatic rings. The maximum atomic E-state index is 5.92. The molecule has 2 heterocycles. The average Bonchev–Trinajstić information content (AvgIpc) is 2.71. The Hall–Kier alpha value is -1.62. The molecule has 0 aliphatic carbocycles. The van der Waals surface area contributed by atoms with Gasteiger partial charge in [-0.1, -0.05) is 6.92 Å². The van der Waals surface area contributed by atoms with Crippen molar-refractivity contribution in [2.45, 2.75) is 13.3 Å². The van der Waals surface area contributed by atoms with Crippen molar-refractivity contribution < 1.29 is 4.74 Å². The minimum atomic E-state index is 0.591. The van der Waals surface area contributed by atoms with Crippen molar-refractivity contribution in [2.24, 2.45) is 0 Å². The lowest BCUT2D eigenvalue weighted by molar-refractivity contribution is 0.398. The highest BCUT2D eigenvalue weighted by atomic mass is 32.1. The van der Waals surface area contributed by atoms with Gasteiger partial charge in [-0.05, 0) is 12.5 Å². The van der Waals surface area contributed by atoms with Crippen molar-refractivity contribution in [3.63, 3.8) is 0 Å². The van der Waals surface area contributed by atoms with Crippen LogP contribution in [0.3, 0.4) is 0 Å². The zero-order valence-electron chi connectivity index (χ0n) is 9.23. The van der Waals surface area contributed by atoms with Gasteiger partial charge in [0.05, 0.1) is 12.1 Å². The van der Waals surface area contributed by atoms with Gasteiger partial charge in [-0.15, -0.1) is 11.3 Å². The fourth-order valence-corrected chi connectivity index (χ4v) is 2.17. The summed E-state index contributed by atoms with van der Waals surface area (Å²) < 4.78 is 5.00. The Morgan fingerprint density at radius 1 is 1.44 bits per heavy atom. The predicted molar refractivity (Wildman–Crippen MR) is 65.7 cm³/mol. The molecule has 16 heavy (non-hydrogen) atoms. The third-order valence-electron chi connectivity index (χ3n) is 2.22. The number of hydrogen-bond donors (Lipinski definition) is 1. The smallest absolute Gasteiger partial charge is 0.212 e. The quantitative estimate of drug-likeness (QED) is 0.887. The van der Waals surface area contributed by atoms with E-state index >= 15 is 0 Å². The highest BCUT2D eigenvalue weighted by Crippen LogP contribution is 2.30. The molecule has 0 atom stereocenters. The average molecular weight is 235 g/mol. The van der Waals surface area contributed by atoms with Crippen LogP contribution in [-0.4, -0.2) is 17.1 Å². The van der Waals surface area contributed by atoms with Gasteiger partial charge in [0, 0.05) is 17.8 Å². The van der Waals surface area contributed by atoms with Crippen molar-refractivity contribution in [1.82, 2.24) is 9.97 Å². The summed E-state index contributed by atoms with van der Waals surface area (Å²) in [4.78, 5) is 8.60. The van der Waals surface area contributed by atoms with E-state index in [1.807, 2.05) is 6.07 Å². The number of anilines is 1. The molecule has 0 fully saturated rings. The third kappa shape index (κ3) is 1.99. The molecule has 0 aliphatic heterocycles. The molecule has 84 valence electrons. The van der Waals surface area contributed by atoms with Crippen LogP contribution < -0.4 is 10.5 Å². The number of nitrogens with two attached hydrogens (primary N) is 1. The highest BCUT2D eigenvalue weighted by molar-refractivity contribution is 7.16. The lowest BCUT2D eigenvalue weighted by atomic mass is 10.2. The van der Waals surface area contributed by atoms with Crippen LogP contribution in [0.25, 0.3) is 11.3 Å². The van der Waals surface area contributed by atoms with Gasteiger partial charge < -0.3 is 10.5 Å². The molecular formula is C11H13N3OS. The Balaban J connectivity index is 2.38. The first-order chi connectivity index (χ1) is 7.74. The SMILES string of the molecule is CCc1nc(-c2ccc(OC)nc2)c(N)s1. The minimum Gasteiger partial charge on any atom is -0.481 e. The summed E-state index contributed by atoms with van der Waals surface area (Å²) in [6, 6.07) is 3.72. The summed E-state index contributed by atoms with van der Waals surface area (Å²) in [7, 11) is 1.59. The molecule has 5 heteroatoms. The number of nitrogens with zero attached hydrogens (tertiary/aromatic N) is 2. The third-order valence-corrected chi connectivity index (χ3v) is 3.25. The molecule has 0 aromatic carbocycles. The number of aryl methyl sites for hydroxylation is 1. The second-order valence-electron chi connectivity index (χ2n) is 3.26. The molecule has 0 amide bonds. The summed E-state index contributed by atoms with van der Waals surface area (Å²) in [6.07, 6.45) is 2.63. The van der Waals surface area contributed by atoms with Crippen LogP contribution in [0.2, 0.25) is 0 Å². The van der Waals surface area contributed by atoms with Gasteiger partial charge in [-0.2, -0.15) is 0 Å². The Morgan fingerprint density at radius 3 is 2.75 bits per heavy atom. The maximum absolute atomic E-state index is 5.92. The van der Waals surface area contributed by atoms with E-state index in [4.69, 9.17) is 10.5 Å². The van der Waals surface area contributed by atoms with Gasteiger partial charge >= 0.3 is 0 Å². The fourth-order valence-electron chi connectivity index (χ4n) is 1.38. The van der Waals surface area contributed by atoms with E-state index < -0.39 is 0 Å². The van der Waals surface area contributed by atoms with Crippen molar-refractivity contribution in [3.8, 4) is 17.1 Å². The number of nitrogen functional groups attached to an aromatic ring is 1. The maximum Gasteiger partial charge on any atom is 0.212 e. The van der Waals surface area contributed by atoms with Crippen LogP contribution in [0.15, 0.2) is 18.3 Å². The van der Waals surface area contributed by atoms with Gasteiger partial charge in [-0.25, -0.2) is 9.97 Å². The van der Waals surface area contributed by atoms with Crippen molar-refractivity contribution in [3.05, 3.63) is 23.3 Å². The van der Waals surface area contributed by atoms with E-state index in [0.717, 1.165) is 27.7 Å². The predicted octanol–water partition coefficient (Wildman–Crippen LogP) is 2.36. The van der Waals surface area contributed by atoms with Crippen molar-refractivity contribution in [2.75, 3.05) is 12.8 Å². The summed E-state index contributed by atoms with van der Waals surface area (Å²) in [6.45, 7) is 2.06. The standard InChI is InChI=1S/C11H13N3OS/c1-3-9-14-10(11(12)16-9)7-4-5-8(15-2)13-6-7/h4-6H,3,12H2,1-2H3. The molecule has 0 spiro atoms. The number of methoxy groups -OCH3 is 1. The van der Waals surface area contributed by atoms with Crippen LogP contribution in [0, 0.1) is 0 Å². The second-order valence-corrected chi connectivity index (χ2v) is 4.38. The Morgan fingerprint density at radius 2 is 2.25 bits per heavy atom. The van der Waals surface area contributed by atoms with E-state index in [0.29, 0.717) is 5.88 Å². The Kier molecular flexibility index (Phi) is 3.05. The number of ether oxygens (including phenoxy) is 1. The van der Waals surface area contributed by atoms with E-state index in [1.54, 1.807) is 19.4 Å². The lowest BCUT2D eigenvalue weighted by Crippen LogP contribution is -1.90. The van der Waals surface area contributed by atoms with Crippen LogP contribution >= 0.6 is 11.3 Å². The Bertz CT molecular complexity index is 478. The molecule has 0 radical (unpaired) electrons. The topological polar surface area (TPSA) is 61.0 Å². The lowest BCUT2D eigenvalue weighted by Gasteiger charge is -2.00. The second kappa shape index (κ2) is 4.49. The minimum absolute atomic E-state index is 0.591. The van der Waals surface area contributed by atoms with E-state index in [2.05, 4.69) is 16.9 Å². The molecule has 0 saturated heterocycles. The summed E-state index contributed by atoms with van der Waals surface area (Å²) in [5.74, 6) is 0.591. The molecule has 0 bridgehead atoms. The van der Waals surface area contributed by atoms with Crippen molar-refractivity contribution >= 4 is 16.3 Å². The normalized spacial score (nSPS) is 10.4. The molecule has 0 unspecified atom stereocenters. The number of hydrogen-bond acceptors (Lipinski definition) is 5. The number of thiazole rings is 1. The molecule has 2 aromatic heterocycles. The molecule has 0 saturated carbocycles. The number of rotatable bonds is 3. The molecule has 2 N–H and O–H groups in total. The van der Waals surface area contributed by atoms with Gasteiger partial charge in [0.2, 0.25) is 5.88 Å². The van der Waals surface area contributed by atoms with Crippen molar-refractivity contribution in [1.29, 1.82) is 0 Å². The molecule has 2 rings (SSSR count). The summed E-state index contributed by atoms with van der Waals surface area (Å²) >= 11 is 1.53. The number of aromatic nitrogens is 2. The fraction of sp³-hybridized carbons (Fsp3) is 0.273.